The van der Waals surface area contributed by atoms with Crippen LogP contribution < -0.4 is 10.1 Å². The van der Waals surface area contributed by atoms with E-state index < -0.39 is 0 Å². The van der Waals surface area contributed by atoms with E-state index in [2.05, 4.69) is 51.2 Å². The van der Waals surface area contributed by atoms with Crippen LogP contribution in [0, 0.1) is 6.92 Å². The van der Waals surface area contributed by atoms with Gasteiger partial charge in [0.1, 0.15) is 18.9 Å². The van der Waals surface area contributed by atoms with Gasteiger partial charge in [0.15, 0.2) is 0 Å². The molecule has 0 radical (unpaired) electrons. The molecule has 1 rings (SSSR count). The average Bonchev–Trinajstić information content (AvgIpc) is 2.24. The maximum atomic E-state index is 5.69. The van der Waals surface area contributed by atoms with Gasteiger partial charge in [0, 0.05) is 0 Å². The van der Waals surface area contributed by atoms with Crippen LogP contribution in [0.15, 0.2) is 18.2 Å². The summed E-state index contributed by atoms with van der Waals surface area (Å²) in [6, 6.07) is 6.40. The summed E-state index contributed by atoms with van der Waals surface area (Å²) >= 11 is 0. The summed E-state index contributed by atoms with van der Waals surface area (Å²) in [6.07, 6.45) is 0. The van der Waals surface area contributed by atoms with E-state index in [0.717, 1.165) is 25.4 Å². The van der Waals surface area contributed by atoms with Gasteiger partial charge in [0.25, 0.3) is 0 Å². The van der Waals surface area contributed by atoms with Gasteiger partial charge in [-0.15, -0.1) is 0 Å². The quantitative estimate of drug-likeness (QED) is 0.733. The monoisotopic (exact) mass is 222 g/mol. The Morgan fingerprint density at radius 1 is 1.31 bits per heavy atom. The van der Waals surface area contributed by atoms with Crippen LogP contribution in [0.2, 0.25) is 0 Å². The first kappa shape index (κ1) is 13.0. The molecule has 0 unspecified atom stereocenters. The lowest BCUT2D eigenvalue weighted by molar-refractivity contribution is -0.652. The number of nitrogens with two attached hydrogens (primary N) is 1. The summed E-state index contributed by atoms with van der Waals surface area (Å²) in [5, 5.41) is 2.25. The summed E-state index contributed by atoms with van der Waals surface area (Å²) in [7, 11) is 0. The lowest BCUT2D eigenvalue weighted by Crippen LogP contribution is -2.84. The third-order valence-electron chi connectivity index (χ3n) is 2.74. The smallest absolute Gasteiger partial charge is 0.137 e. The highest BCUT2D eigenvalue weighted by Gasteiger charge is 2.04. The number of aryl methyl sites for hydroxylation is 1. The normalized spacial score (nSPS) is 10.8. The lowest BCUT2D eigenvalue weighted by Gasteiger charge is -2.12. The third-order valence-corrected chi connectivity index (χ3v) is 2.74. The van der Waals surface area contributed by atoms with Crippen LogP contribution in [0.4, 0.5) is 0 Å². The van der Waals surface area contributed by atoms with Gasteiger partial charge in [-0.1, -0.05) is 19.9 Å². The molecule has 16 heavy (non-hydrogen) atoms. The first-order chi connectivity index (χ1) is 7.65. The molecule has 90 valence electrons. The third kappa shape index (κ3) is 3.86. The molecular weight excluding hydrogens is 198 g/mol. The van der Waals surface area contributed by atoms with Crippen molar-refractivity contribution in [1.82, 2.24) is 0 Å². The zero-order chi connectivity index (χ0) is 12.0. The molecule has 0 atom stereocenters. The Kier molecular flexibility index (Phi) is 5.33. The van der Waals surface area contributed by atoms with Gasteiger partial charge in [0.05, 0.1) is 6.54 Å². The van der Waals surface area contributed by atoms with Gasteiger partial charge in [-0.2, -0.15) is 0 Å². The zero-order valence-electron chi connectivity index (χ0n) is 10.9. The summed E-state index contributed by atoms with van der Waals surface area (Å²) in [5.41, 5.74) is 2.74. The van der Waals surface area contributed by atoms with Crippen molar-refractivity contribution >= 4 is 0 Å². The molecule has 1 aromatic rings. The number of ether oxygens (including phenoxy) is 1. The van der Waals surface area contributed by atoms with E-state index in [0.29, 0.717) is 5.92 Å². The standard InChI is InChI=1S/C14H23NO/c1-5-15-8-9-16-13-6-7-14(11(2)3)12(4)10-13/h6-7,10-11,15H,5,8-9H2,1-4H3/p+1. The van der Waals surface area contributed by atoms with E-state index >= 15 is 0 Å². The Labute approximate surface area is 99.0 Å². The van der Waals surface area contributed by atoms with Crippen LogP contribution in [0.3, 0.4) is 0 Å². The Hall–Kier alpha value is -1.02. The number of hydrogen-bond acceptors (Lipinski definition) is 1. The Morgan fingerprint density at radius 3 is 2.62 bits per heavy atom. The van der Waals surface area contributed by atoms with Crippen molar-refractivity contribution in [2.75, 3.05) is 19.7 Å². The van der Waals surface area contributed by atoms with E-state index in [9.17, 15) is 0 Å². The lowest BCUT2D eigenvalue weighted by atomic mass is 9.98. The van der Waals surface area contributed by atoms with E-state index in [1.807, 2.05) is 0 Å². The maximum absolute atomic E-state index is 5.69. The molecule has 2 heteroatoms. The van der Waals surface area contributed by atoms with Crippen LogP contribution in [0.5, 0.6) is 5.75 Å². The fourth-order valence-corrected chi connectivity index (χ4v) is 1.85. The van der Waals surface area contributed by atoms with Crippen molar-refractivity contribution in [2.45, 2.75) is 33.6 Å². The number of rotatable bonds is 6. The molecule has 0 aromatic heterocycles. The van der Waals surface area contributed by atoms with Gasteiger partial charge in [-0.05, 0) is 43.0 Å². The highest BCUT2D eigenvalue weighted by molar-refractivity contribution is 5.36. The first-order valence-electron chi connectivity index (χ1n) is 6.20. The maximum Gasteiger partial charge on any atom is 0.137 e. The molecule has 2 nitrogen and oxygen atoms in total. The fraction of sp³-hybridized carbons (Fsp3) is 0.571. The van der Waals surface area contributed by atoms with Gasteiger partial charge in [-0.25, -0.2) is 0 Å². The molecule has 0 amide bonds. The van der Waals surface area contributed by atoms with Crippen molar-refractivity contribution in [3.05, 3.63) is 29.3 Å². The number of benzene rings is 1. The minimum absolute atomic E-state index is 0.586. The molecular formula is C14H24NO+. The van der Waals surface area contributed by atoms with Crippen LogP contribution in [-0.2, 0) is 0 Å². The van der Waals surface area contributed by atoms with E-state index in [1.165, 1.54) is 11.1 Å². The van der Waals surface area contributed by atoms with Crippen LogP contribution in [0.1, 0.15) is 37.8 Å². The Bertz CT molecular complexity index is 321. The van der Waals surface area contributed by atoms with Gasteiger partial charge >= 0.3 is 0 Å². The zero-order valence-corrected chi connectivity index (χ0v) is 10.9. The second-order valence-electron chi connectivity index (χ2n) is 4.51. The van der Waals surface area contributed by atoms with Gasteiger partial charge < -0.3 is 10.1 Å². The second-order valence-corrected chi connectivity index (χ2v) is 4.51. The average molecular weight is 222 g/mol. The molecule has 0 bridgehead atoms. The van der Waals surface area contributed by atoms with Gasteiger partial charge in [-0.3, -0.25) is 0 Å². The Balaban J connectivity index is 2.53. The molecule has 0 aliphatic rings. The van der Waals surface area contributed by atoms with E-state index in [-0.39, 0.29) is 0 Å². The SMILES string of the molecule is CC[NH2+]CCOc1ccc(C(C)C)c(C)c1. The topological polar surface area (TPSA) is 25.8 Å². The fourth-order valence-electron chi connectivity index (χ4n) is 1.85. The predicted molar refractivity (Wildman–Crippen MR) is 68.1 cm³/mol. The number of likely N-dealkylation sites (N-methyl/N-ethyl adjacent to an activating group) is 1. The minimum atomic E-state index is 0.586. The summed E-state index contributed by atoms with van der Waals surface area (Å²) in [5.74, 6) is 1.58. The molecule has 2 N–H and O–H groups in total. The number of hydrogen-bond donors (Lipinski definition) is 1. The first-order valence-corrected chi connectivity index (χ1v) is 6.20. The van der Waals surface area contributed by atoms with E-state index in [4.69, 9.17) is 4.74 Å². The largest absolute Gasteiger partial charge is 0.488 e. The highest BCUT2D eigenvalue weighted by Crippen LogP contribution is 2.23. The molecule has 0 saturated carbocycles. The van der Waals surface area contributed by atoms with Gasteiger partial charge in [0.2, 0.25) is 0 Å². The van der Waals surface area contributed by atoms with Crippen LogP contribution in [-0.4, -0.2) is 19.7 Å². The van der Waals surface area contributed by atoms with Crippen molar-refractivity contribution in [3.63, 3.8) is 0 Å². The summed E-state index contributed by atoms with van der Waals surface area (Å²) in [6.45, 7) is 11.7. The summed E-state index contributed by atoms with van der Waals surface area (Å²) in [4.78, 5) is 0. The molecule has 0 saturated heterocycles. The highest BCUT2D eigenvalue weighted by atomic mass is 16.5. The summed E-state index contributed by atoms with van der Waals surface area (Å²) < 4.78 is 5.69. The van der Waals surface area contributed by atoms with Crippen LogP contribution >= 0.6 is 0 Å². The predicted octanol–water partition coefficient (Wildman–Crippen LogP) is 2.08. The second kappa shape index (κ2) is 6.54. The minimum Gasteiger partial charge on any atom is -0.488 e. The molecule has 0 aliphatic heterocycles. The molecule has 0 heterocycles. The van der Waals surface area contributed by atoms with Crippen LogP contribution in [0.25, 0.3) is 0 Å². The van der Waals surface area contributed by atoms with Crippen molar-refractivity contribution in [2.24, 2.45) is 0 Å². The van der Waals surface area contributed by atoms with Crippen molar-refractivity contribution < 1.29 is 10.1 Å². The molecule has 0 spiro atoms. The molecule has 1 aromatic carbocycles. The Morgan fingerprint density at radius 2 is 2.06 bits per heavy atom. The van der Waals surface area contributed by atoms with Crippen molar-refractivity contribution in [3.8, 4) is 5.75 Å². The molecule has 0 fully saturated rings. The van der Waals surface area contributed by atoms with Crippen molar-refractivity contribution in [1.29, 1.82) is 0 Å². The van der Waals surface area contributed by atoms with E-state index in [1.54, 1.807) is 0 Å². The number of quaternary nitrogens is 1. The molecule has 0 aliphatic carbocycles.